The lowest BCUT2D eigenvalue weighted by molar-refractivity contribution is 0.0697. The second kappa shape index (κ2) is 4.72. The minimum Gasteiger partial charge on any atom is -0.478 e. The number of halogens is 1. The maximum absolute atomic E-state index is 11.2. The molecule has 8 heteroatoms. The molecule has 0 bridgehead atoms. The van der Waals surface area contributed by atoms with Gasteiger partial charge in [0.05, 0.1) is 5.56 Å². The van der Waals surface area contributed by atoms with Crippen LogP contribution < -0.4 is 5.73 Å². The van der Waals surface area contributed by atoms with Gasteiger partial charge in [0.2, 0.25) is 0 Å². The van der Waals surface area contributed by atoms with Crippen LogP contribution in [0.15, 0.2) is 18.2 Å². The molecule has 1 amide bonds. The predicted octanol–water partition coefficient (Wildman–Crippen LogP) is 0.873. The van der Waals surface area contributed by atoms with Crippen LogP contribution in [0.4, 0.5) is 0 Å². The number of nitrogens with zero attached hydrogens (tertiary/aromatic N) is 2. The third-order valence-electron chi connectivity index (χ3n) is 2.25. The number of aromatic amines is 1. The average molecular weight is 358 g/mol. The van der Waals surface area contributed by atoms with E-state index in [1.807, 2.05) is 22.6 Å². The van der Waals surface area contributed by atoms with E-state index in [4.69, 9.17) is 10.8 Å². The Hall–Kier alpha value is -1.97. The summed E-state index contributed by atoms with van der Waals surface area (Å²) in [6.07, 6.45) is 0. The molecule has 2 rings (SSSR count). The van der Waals surface area contributed by atoms with Gasteiger partial charge in [-0.3, -0.25) is 4.79 Å². The summed E-state index contributed by atoms with van der Waals surface area (Å²) in [4.78, 5) is 22.3. The first-order valence-corrected chi connectivity index (χ1v) is 5.82. The van der Waals surface area contributed by atoms with E-state index in [1.54, 1.807) is 12.1 Å². The Kier molecular flexibility index (Phi) is 3.28. The number of H-pyrrole nitrogens is 1. The summed E-state index contributed by atoms with van der Waals surface area (Å²) in [7, 11) is 0. The minimum atomic E-state index is -1.11. The van der Waals surface area contributed by atoms with Crippen molar-refractivity contribution in [1.82, 2.24) is 15.4 Å². The Morgan fingerprint density at radius 3 is 2.67 bits per heavy atom. The molecule has 1 heterocycles. The molecule has 0 saturated carbocycles. The molecule has 0 aliphatic carbocycles. The maximum Gasteiger partial charge on any atom is 0.336 e. The maximum atomic E-state index is 11.2. The zero-order valence-electron chi connectivity index (χ0n) is 8.85. The van der Waals surface area contributed by atoms with Gasteiger partial charge in [-0.15, -0.1) is 0 Å². The van der Waals surface area contributed by atoms with Gasteiger partial charge in [0.1, 0.15) is 5.69 Å². The van der Waals surface area contributed by atoms with Crippen LogP contribution >= 0.6 is 22.6 Å². The Balaban J connectivity index is 2.67. The molecule has 7 nitrogen and oxygen atoms in total. The van der Waals surface area contributed by atoms with Crippen LogP contribution in [0.25, 0.3) is 11.3 Å². The van der Waals surface area contributed by atoms with Crippen molar-refractivity contribution in [2.24, 2.45) is 5.73 Å². The fourth-order valence-electron chi connectivity index (χ4n) is 1.49. The van der Waals surface area contributed by atoms with Gasteiger partial charge in [-0.2, -0.15) is 15.4 Å². The van der Waals surface area contributed by atoms with Crippen molar-refractivity contribution in [3.05, 3.63) is 33.0 Å². The number of primary amides is 1. The molecule has 0 radical (unpaired) electrons. The first kappa shape index (κ1) is 12.5. The van der Waals surface area contributed by atoms with Gasteiger partial charge in [-0.1, -0.05) is 6.07 Å². The van der Waals surface area contributed by atoms with Crippen LogP contribution in [0.2, 0.25) is 0 Å². The lowest BCUT2D eigenvalue weighted by Gasteiger charge is -2.04. The van der Waals surface area contributed by atoms with Crippen molar-refractivity contribution >= 4 is 34.5 Å². The third kappa shape index (κ3) is 2.18. The summed E-state index contributed by atoms with van der Waals surface area (Å²) in [6.45, 7) is 0. The van der Waals surface area contributed by atoms with Crippen LogP contribution in [0.1, 0.15) is 20.8 Å². The minimum absolute atomic E-state index is 0.0401. The molecule has 0 saturated heterocycles. The fraction of sp³-hybridized carbons (Fsp3) is 0. The number of nitrogens with one attached hydrogen (secondary N) is 1. The molecule has 0 fully saturated rings. The highest BCUT2D eigenvalue weighted by Gasteiger charge is 2.20. The number of rotatable bonds is 3. The molecule has 0 atom stereocenters. The van der Waals surface area contributed by atoms with E-state index in [2.05, 4.69) is 15.4 Å². The highest BCUT2D eigenvalue weighted by molar-refractivity contribution is 14.1. The molecular formula is C10H7IN4O3. The lowest BCUT2D eigenvalue weighted by atomic mass is 10.0. The second-order valence-corrected chi connectivity index (χ2v) is 4.63. The number of benzene rings is 1. The topological polar surface area (TPSA) is 122 Å². The normalized spacial score (nSPS) is 10.3. The van der Waals surface area contributed by atoms with Gasteiger partial charge in [-0.25, -0.2) is 4.79 Å². The summed E-state index contributed by atoms with van der Waals surface area (Å²) >= 11 is 2.00. The summed E-state index contributed by atoms with van der Waals surface area (Å²) in [5, 5.41) is 18.8. The summed E-state index contributed by atoms with van der Waals surface area (Å²) < 4.78 is 0.762. The van der Waals surface area contributed by atoms with Crippen molar-refractivity contribution in [2.75, 3.05) is 0 Å². The second-order valence-electron chi connectivity index (χ2n) is 3.38. The average Bonchev–Trinajstić information content (AvgIpc) is 2.77. The Morgan fingerprint density at radius 1 is 1.33 bits per heavy atom. The van der Waals surface area contributed by atoms with E-state index in [0.717, 1.165) is 3.57 Å². The largest absolute Gasteiger partial charge is 0.478 e. The van der Waals surface area contributed by atoms with E-state index in [1.165, 1.54) is 6.07 Å². The van der Waals surface area contributed by atoms with E-state index in [9.17, 15) is 9.59 Å². The quantitative estimate of drug-likeness (QED) is 0.703. The number of hydrogen-bond acceptors (Lipinski definition) is 4. The van der Waals surface area contributed by atoms with Crippen molar-refractivity contribution < 1.29 is 14.7 Å². The third-order valence-corrected chi connectivity index (χ3v) is 2.92. The first-order valence-electron chi connectivity index (χ1n) is 4.74. The van der Waals surface area contributed by atoms with Crippen LogP contribution in [-0.4, -0.2) is 32.4 Å². The number of carboxylic acids is 1. The summed E-state index contributed by atoms with van der Waals surface area (Å²) in [5.74, 6) is -1.88. The highest BCUT2D eigenvalue weighted by Crippen LogP contribution is 2.25. The Bertz CT molecular complexity index is 638. The molecule has 0 unspecified atom stereocenters. The predicted molar refractivity (Wildman–Crippen MR) is 70.0 cm³/mol. The number of carboxylic acid groups (broad SMARTS) is 1. The molecule has 0 aliphatic heterocycles. The standard InChI is InChI=1S/C10H7IN4O3/c11-4-1-2-5(6(3-4)10(17)18)7-8(9(12)16)14-15-13-7/h1-3H,(H2,12,16)(H,17,18)(H,13,14,15). The van der Waals surface area contributed by atoms with Crippen molar-refractivity contribution in [3.63, 3.8) is 0 Å². The van der Waals surface area contributed by atoms with Gasteiger partial charge in [0.15, 0.2) is 5.69 Å². The van der Waals surface area contributed by atoms with Crippen molar-refractivity contribution in [1.29, 1.82) is 0 Å². The molecule has 1 aromatic carbocycles. The molecule has 0 aliphatic rings. The van der Waals surface area contributed by atoms with Gasteiger partial charge in [0, 0.05) is 9.13 Å². The van der Waals surface area contributed by atoms with Gasteiger partial charge in [-0.05, 0) is 34.7 Å². The highest BCUT2D eigenvalue weighted by atomic mass is 127. The number of carbonyl (C=O) groups is 2. The number of aromatic nitrogens is 3. The van der Waals surface area contributed by atoms with E-state index in [-0.39, 0.29) is 17.0 Å². The zero-order chi connectivity index (χ0) is 13.3. The molecule has 4 N–H and O–H groups in total. The molecule has 2 aromatic rings. The lowest BCUT2D eigenvalue weighted by Crippen LogP contribution is -2.13. The molecule has 92 valence electrons. The van der Waals surface area contributed by atoms with Crippen LogP contribution in [0.5, 0.6) is 0 Å². The Morgan fingerprint density at radius 2 is 2.06 bits per heavy atom. The van der Waals surface area contributed by atoms with E-state index in [0.29, 0.717) is 5.56 Å². The van der Waals surface area contributed by atoms with Crippen molar-refractivity contribution in [2.45, 2.75) is 0 Å². The van der Waals surface area contributed by atoms with Crippen LogP contribution in [0, 0.1) is 3.57 Å². The molecule has 0 spiro atoms. The zero-order valence-corrected chi connectivity index (χ0v) is 11.0. The smallest absolute Gasteiger partial charge is 0.336 e. The van der Waals surface area contributed by atoms with Gasteiger partial charge >= 0.3 is 5.97 Å². The fourth-order valence-corrected chi connectivity index (χ4v) is 1.98. The van der Waals surface area contributed by atoms with Crippen LogP contribution in [-0.2, 0) is 0 Å². The Labute approximate surface area is 115 Å². The van der Waals surface area contributed by atoms with Gasteiger partial charge < -0.3 is 10.8 Å². The van der Waals surface area contributed by atoms with Crippen molar-refractivity contribution in [3.8, 4) is 11.3 Å². The van der Waals surface area contributed by atoms with E-state index < -0.39 is 11.9 Å². The van der Waals surface area contributed by atoms with Gasteiger partial charge in [0.25, 0.3) is 5.91 Å². The number of amides is 1. The monoisotopic (exact) mass is 358 g/mol. The number of carbonyl (C=O) groups excluding carboxylic acids is 1. The SMILES string of the molecule is NC(=O)c1n[nH]nc1-c1ccc(I)cc1C(=O)O. The molecule has 18 heavy (non-hydrogen) atoms. The summed E-state index contributed by atoms with van der Waals surface area (Å²) in [6, 6.07) is 4.76. The van der Waals surface area contributed by atoms with Crippen LogP contribution in [0.3, 0.4) is 0 Å². The molecule has 1 aromatic heterocycles. The summed E-state index contributed by atoms with van der Waals surface area (Å²) in [5.41, 5.74) is 5.53. The van der Waals surface area contributed by atoms with E-state index >= 15 is 0 Å². The first-order chi connectivity index (χ1) is 8.50. The number of nitrogens with two attached hydrogens (primary N) is 1. The molecular weight excluding hydrogens is 351 g/mol. The number of hydrogen-bond donors (Lipinski definition) is 3. The number of aromatic carboxylic acids is 1.